The highest BCUT2D eigenvalue weighted by atomic mass is 32.2. The standard InChI is InChI=1S/C16H27NO2S/c1-6-20-11-12(2)17-13(3)14-7-8-16(19-5)15(9-14)10-18-4/h7-9,12-13,17H,6,10-11H2,1-5H3. The van der Waals surface area contributed by atoms with Crippen LogP contribution in [0.1, 0.15) is 37.9 Å². The lowest BCUT2D eigenvalue weighted by atomic mass is 10.0. The molecule has 1 aromatic rings. The Bertz CT molecular complexity index is 398. The molecule has 0 radical (unpaired) electrons. The minimum atomic E-state index is 0.323. The van der Waals surface area contributed by atoms with Crippen molar-refractivity contribution < 1.29 is 9.47 Å². The van der Waals surface area contributed by atoms with Crippen molar-refractivity contribution in [2.75, 3.05) is 25.7 Å². The van der Waals surface area contributed by atoms with Crippen LogP contribution in [0.5, 0.6) is 5.75 Å². The van der Waals surface area contributed by atoms with Crippen LogP contribution < -0.4 is 10.1 Å². The third-order valence-electron chi connectivity index (χ3n) is 3.21. The molecule has 1 aromatic carbocycles. The third kappa shape index (κ3) is 5.35. The van der Waals surface area contributed by atoms with Gasteiger partial charge in [-0.2, -0.15) is 11.8 Å². The van der Waals surface area contributed by atoms with Crippen molar-refractivity contribution in [3.05, 3.63) is 29.3 Å². The number of hydrogen-bond donors (Lipinski definition) is 1. The van der Waals surface area contributed by atoms with Crippen LogP contribution in [0.25, 0.3) is 0 Å². The van der Waals surface area contributed by atoms with Crippen LogP contribution in [0.15, 0.2) is 18.2 Å². The van der Waals surface area contributed by atoms with Gasteiger partial charge in [0.05, 0.1) is 13.7 Å². The van der Waals surface area contributed by atoms with Crippen LogP contribution in [0.2, 0.25) is 0 Å². The van der Waals surface area contributed by atoms with Crippen molar-refractivity contribution in [1.29, 1.82) is 0 Å². The van der Waals surface area contributed by atoms with Gasteiger partial charge in [-0.3, -0.25) is 0 Å². The van der Waals surface area contributed by atoms with Crippen molar-refractivity contribution >= 4 is 11.8 Å². The van der Waals surface area contributed by atoms with E-state index in [9.17, 15) is 0 Å². The summed E-state index contributed by atoms with van der Waals surface area (Å²) in [5, 5.41) is 3.64. The van der Waals surface area contributed by atoms with E-state index in [1.807, 2.05) is 17.8 Å². The molecule has 3 nitrogen and oxygen atoms in total. The number of nitrogens with one attached hydrogen (secondary N) is 1. The zero-order valence-corrected chi connectivity index (χ0v) is 14.0. The van der Waals surface area contributed by atoms with E-state index < -0.39 is 0 Å². The summed E-state index contributed by atoms with van der Waals surface area (Å²) >= 11 is 1.97. The first-order chi connectivity index (χ1) is 9.62. The Morgan fingerprint density at radius 2 is 2.00 bits per heavy atom. The van der Waals surface area contributed by atoms with Crippen molar-refractivity contribution in [2.24, 2.45) is 0 Å². The van der Waals surface area contributed by atoms with Crippen LogP contribution in [-0.4, -0.2) is 31.8 Å². The fourth-order valence-corrected chi connectivity index (χ4v) is 2.89. The molecule has 0 spiro atoms. The van der Waals surface area contributed by atoms with Gasteiger partial charge in [-0.1, -0.05) is 13.0 Å². The van der Waals surface area contributed by atoms with Crippen molar-refractivity contribution in [2.45, 2.75) is 39.5 Å². The molecule has 4 heteroatoms. The Labute approximate surface area is 127 Å². The quantitative estimate of drug-likeness (QED) is 0.754. The molecule has 2 unspecified atom stereocenters. The molecule has 1 N–H and O–H groups in total. The number of ether oxygens (including phenoxy) is 2. The van der Waals surface area contributed by atoms with E-state index in [1.54, 1.807) is 14.2 Å². The number of benzene rings is 1. The highest BCUT2D eigenvalue weighted by molar-refractivity contribution is 7.99. The zero-order valence-electron chi connectivity index (χ0n) is 13.2. The summed E-state index contributed by atoms with van der Waals surface area (Å²) in [4.78, 5) is 0. The summed E-state index contributed by atoms with van der Waals surface area (Å²) in [6.45, 7) is 7.20. The highest BCUT2D eigenvalue weighted by Crippen LogP contribution is 2.24. The summed E-state index contributed by atoms with van der Waals surface area (Å²) in [5.41, 5.74) is 2.36. The molecule has 0 bridgehead atoms. The average molecular weight is 297 g/mol. The fraction of sp³-hybridized carbons (Fsp3) is 0.625. The Hall–Kier alpha value is -0.710. The maximum absolute atomic E-state index is 5.36. The Kier molecular flexibility index (Phi) is 8.04. The maximum Gasteiger partial charge on any atom is 0.124 e. The smallest absolute Gasteiger partial charge is 0.124 e. The van der Waals surface area contributed by atoms with E-state index in [-0.39, 0.29) is 0 Å². The van der Waals surface area contributed by atoms with Gasteiger partial charge in [-0.05, 0) is 37.3 Å². The first kappa shape index (κ1) is 17.3. The first-order valence-corrected chi connectivity index (χ1v) is 8.27. The Morgan fingerprint density at radius 3 is 2.60 bits per heavy atom. The van der Waals surface area contributed by atoms with Gasteiger partial charge < -0.3 is 14.8 Å². The van der Waals surface area contributed by atoms with E-state index in [0.717, 1.165) is 17.1 Å². The van der Waals surface area contributed by atoms with Gasteiger partial charge in [-0.25, -0.2) is 0 Å². The number of thioether (sulfide) groups is 1. The number of methoxy groups -OCH3 is 2. The van der Waals surface area contributed by atoms with Gasteiger partial charge in [0.15, 0.2) is 0 Å². The summed E-state index contributed by atoms with van der Waals surface area (Å²) in [7, 11) is 3.40. The monoisotopic (exact) mass is 297 g/mol. The van der Waals surface area contributed by atoms with Crippen LogP contribution >= 0.6 is 11.8 Å². The van der Waals surface area contributed by atoms with E-state index in [2.05, 4.69) is 38.2 Å². The van der Waals surface area contributed by atoms with Crippen LogP contribution in [0, 0.1) is 0 Å². The predicted molar refractivity (Wildman–Crippen MR) is 87.7 cm³/mol. The normalized spacial score (nSPS) is 14.1. The van der Waals surface area contributed by atoms with E-state index in [4.69, 9.17) is 9.47 Å². The summed E-state index contributed by atoms with van der Waals surface area (Å²) in [6.07, 6.45) is 0. The minimum Gasteiger partial charge on any atom is -0.496 e. The number of rotatable bonds is 9. The molecular formula is C16H27NO2S. The van der Waals surface area contributed by atoms with Crippen molar-refractivity contribution in [1.82, 2.24) is 5.32 Å². The van der Waals surface area contributed by atoms with Gasteiger partial charge in [0.2, 0.25) is 0 Å². The Balaban J connectivity index is 2.72. The molecule has 114 valence electrons. The third-order valence-corrected chi connectivity index (χ3v) is 4.35. The van der Waals surface area contributed by atoms with E-state index in [1.165, 1.54) is 11.3 Å². The second-order valence-corrected chi connectivity index (χ2v) is 6.27. The molecule has 0 heterocycles. The molecular weight excluding hydrogens is 270 g/mol. The predicted octanol–water partition coefficient (Wildman–Crippen LogP) is 3.63. The molecule has 0 aromatic heterocycles. The largest absolute Gasteiger partial charge is 0.496 e. The number of hydrogen-bond acceptors (Lipinski definition) is 4. The van der Waals surface area contributed by atoms with Crippen molar-refractivity contribution in [3.63, 3.8) is 0 Å². The van der Waals surface area contributed by atoms with E-state index in [0.29, 0.717) is 18.7 Å². The SMILES string of the molecule is CCSCC(C)NC(C)c1ccc(OC)c(COC)c1. The summed E-state index contributed by atoms with van der Waals surface area (Å²) < 4.78 is 10.6. The molecule has 0 fully saturated rings. The fourth-order valence-electron chi connectivity index (χ4n) is 2.20. The van der Waals surface area contributed by atoms with Gasteiger partial charge >= 0.3 is 0 Å². The minimum absolute atomic E-state index is 0.323. The lowest BCUT2D eigenvalue weighted by molar-refractivity contribution is 0.181. The van der Waals surface area contributed by atoms with Gasteiger partial charge in [0.25, 0.3) is 0 Å². The highest BCUT2D eigenvalue weighted by Gasteiger charge is 2.12. The molecule has 0 saturated carbocycles. The molecule has 2 atom stereocenters. The Morgan fingerprint density at radius 1 is 1.25 bits per heavy atom. The molecule has 0 aliphatic rings. The molecule has 0 aliphatic heterocycles. The second-order valence-electron chi connectivity index (χ2n) is 4.95. The van der Waals surface area contributed by atoms with Gasteiger partial charge in [0, 0.05) is 30.5 Å². The van der Waals surface area contributed by atoms with Crippen LogP contribution in [0.4, 0.5) is 0 Å². The summed E-state index contributed by atoms with van der Waals surface area (Å²) in [6, 6.07) is 7.13. The second kappa shape index (κ2) is 9.27. The topological polar surface area (TPSA) is 30.5 Å². The van der Waals surface area contributed by atoms with Gasteiger partial charge in [-0.15, -0.1) is 0 Å². The first-order valence-electron chi connectivity index (χ1n) is 7.11. The molecule has 20 heavy (non-hydrogen) atoms. The van der Waals surface area contributed by atoms with Gasteiger partial charge in [0.1, 0.15) is 5.75 Å². The van der Waals surface area contributed by atoms with Crippen molar-refractivity contribution in [3.8, 4) is 5.75 Å². The summed E-state index contributed by atoms with van der Waals surface area (Å²) in [5.74, 6) is 3.19. The van der Waals surface area contributed by atoms with E-state index >= 15 is 0 Å². The molecule has 1 rings (SSSR count). The average Bonchev–Trinajstić information content (AvgIpc) is 2.45. The van der Waals surface area contributed by atoms with Crippen LogP contribution in [0.3, 0.4) is 0 Å². The zero-order chi connectivity index (χ0) is 15.0. The molecule has 0 saturated heterocycles. The molecule has 0 amide bonds. The molecule has 0 aliphatic carbocycles. The lowest BCUT2D eigenvalue weighted by Crippen LogP contribution is -2.31. The maximum atomic E-state index is 5.36. The lowest BCUT2D eigenvalue weighted by Gasteiger charge is -2.21. The van der Waals surface area contributed by atoms with Crippen LogP contribution in [-0.2, 0) is 11.3 Å².